The number of rotatable bonds is 14. The molecule has 0 bridgehead atoms. The van der Waals surface area contributed by atoms with Crippen molar-refractivity contribution < 1.29 is 63.3 Å². The zero-order valence-electron chi connectivity index (χ0n) is 21.4. The number of hydrogen-bond acceptors (Lipinski definition) is 8. The number of carboxylic acid groups (broad SMARTS) is 2. The van der Waals surface area contributed by atoms with Crippen LogP contribution in [0.15, 0.2) is 12.1 Å². The van der Waals surface area contributed by atoms with Crippen LogP contribution in [-0.4, -0.2) is 83.6 Å². The molecule has 17 heteroatoms. The van der Waals surface area contributed by atoms with E-state index in [0.717, 1.165) is 6.07 Å². The summed E-state index contributed by atoms with van der Waals surface area (Å²) in [6.45, 7) is 5.01. The molecule has 0 saturated carbocycles. The van der Waals surface area contributed by atoms with Gasteiger partial charge < -0.3 is 10.2 Å². The first-order chi connectivity index (χ1) is 17.6. The van der Waals surface area contributed by atoms with Gasteiger partial charge in [-0.15, -0.1) is 0 Å². The Morgan fingerprint density at radius 2 is 1.36 bits per heavy atom. The fraction of sp³-hybridized carbons (Fsp3) is 0.591. The summed E-state index contributed by atoms with van der Waals surface area (Å²) in [5, 5.41) is 14.6. The lowest BCUT2D eigenvalue weighted by Crippen LogP contribution is -2.29. The predicted molar refractivity (Wildman–Crippen MR) is 138 cm³/mol. The minimum Gasteiger partial charge on any atom is -0.481 e. The summed E-state index contributed by atoms with van der Waals surface area (Å²) in [6, 6.07) is 2.42. The van der Waals surface area contributed by atoms with Gasteiger partial charge in [0.1, 0.15) is 17.0 Å². The molecule has 5 N–H and O–H groups in total. The maximum Gasteiger partial charge on any atom is 0.303 e. The first-order valence-electron chi connectivity index (χ1n) is 11.7. The van der Waals surface area contributed by atoms with Crippen molar-refractivity contribution in [2.45, 2.75) is 68.8 Å². The van der Waals surface area contributed by atoms with Crippen molar-refractivity contribution in [1.29, 1.82) is 0 Å². The average molecular weight is 615 g/mol. The SMILES string of the molecule is CC1=[N+](CCCS(=O)(=O)O)c2cc(C(CCC(=O)O)S(=O)(=O)O)cc(C(CCC(=O)O)S(=O)(=O)O)c2C1(C)C. The molecule has 0 spiro atoms. The second-order valence-corrected chi connectivity index (χ2v) is 14.6. The molecule has 0 saturated heterocycles. The number of carbonyl (C=O) groups is 2. The van der Waals surface area contributed by atoms with Crippen molar-refractivity contribution in [2.24, 2.45) is 0 Å². The van der Waals surface area contributed by atoms with E-state index in [1.165, 1.54) is 6.07 Å². The molecule has 0 amide bonds. The Balaban J connectivity index is 2.92. The van der Waals surface area contributed by atoms with Crippen molar-refractivity contribution >= 4 is 53.7 Å². The van der Waals surface area contributed by atoms with E-state index in [1.807, 2.05) is 0 Å². The summed E-state index contributed by atoms with van der Waals surface area (Å²) in [4.78, 5) is 22.4. The maximum absolute atomic E-state index is 12.5. The van der Waals surface area contributed by atoms with E-state index < -0.39 is 89.6 Å². The van der Waals surface area contributed by atoms with Crippen LogP contribution in [0.3, 0.4) is 0 Å². The van der Waals surface area contributed by atoms with Crippen LogP contribution in [0.25, 0.3) is 0 Å². The van der Waals surface area contributed by atoms with E-state index in [2.05, 4.69) is 0 Å². The van der Waals surface area contributed by atoms with Gasteiger partial charge in [-0.2, -0.15) is 29.8 Å². The van der Waals surface area contributed by atoms with Crippen LogP contribution in [0.4, 0.5) is 5.69 Å². The molecule has 1 aliphatic heterocycles. The van der Waals surface area contributed by atoms with Crippen LogP contribution < -0.4 is 0 Å². The Labute approximate surface area is 226 Å². The molecule has 1 heterocycles. The molecule has 14 nitrogen and oxygen atoms in total. The maximum atomic E-state index is 12.5. The zero-order chi connectivity index (χ0) is 30.1. The minimum atomic E-state index is -4.97. The quantitative estimate of drug-likeness (QED) is 0.149. The fourth-order valence-corrected chi connectivity index (χ4v) is 7.17. The molecule has 0 aromatic heterocycles. The number of fused-ring (bicyclic) bond motifs is 1. The Kier molecular flexibility index (Phi) is 9.73. The minimum absolute atomic E-state index is 0.0255. The third kappa shape index (κ3) is 8.04. The van der Waals surface area contributed by atoms with Crippen molar-refractivity contribution in [3.63, 3.8) is 0 Å². The average Bonchev–Trinajstić information content (AvgIpc) is 2.91. The zero-order valence-corrected chi connectivity index (χ0v) is 23.9. The summed E-state index contributed by atoms with van der Waals surface area (Å²) >= 11 is 0. The molecule has 1 aliphatic rings. The third-order valence-electron chi connectivity index (χ3n) is 6.86. The van der Waals surface area contributed by atoms with Crippen LogP contribution in [0.1, 0.15) is 80.1 Å². The van der Waals surface area contributed by atoms with E-state index >= 15 is 0 Å². The number of carboxylic acids is 2. The molecular weight excluding hydrogens is 582 g/mol. The van der Waals surface area contributed by atoms with Crippen LogP contribution in [0, 0.1) is 0 Å². The molecule has 1 aromatic rings. The second kappa shape index (κ2) is 11.6. The first-order valence-corrected chi connectivity index (χ1v) is 16.3. The summed E-state index contributed by atoms with van der Waals surface area (Å²) < 4.78 is 103. The van der Waals surface area contributed by atoms with Gasteiger partial charge >= 0.3 is 11.9 Å². The molecule has 2 rings (SSSR count). The Bertz CT molecular complexity index is 1510. The van der Waals surface area contributed by atoms with Gasteiger partial charge in [-0.25, -0.2) is 0 Å². The van der Waals surface area contributed by atoms with Gasteiger partial charge in [0.15, 0.2) is 5.71 Å². The lowest BCUT2D eigenvalue weighted by atomic mass is 9.78. The normalized spacial score (nSPS) is 17.1. The standard InChI is InChI=1S/C22H31NO13S3/c1-13-22(2,3)21-15(18(39(34,35)36)6-8-20(26)27)11-14(17(38(31,32)33)5-7-19(24)25)12-16(21)23(13)9-4-10-37(28,29)30/h11-12,17-18H,4-10H2,1-3H3,(H4-,24,25,26,27,28,29,30,31,32,33,34,35,36)/p+1. The van der Waals surface area contributed by atoms with Gasteiger partial charge in [-0.1, -0.05) is 6.07 Å². The molecule has 0 radical (unpaired) electrons. The van der Waals surface area contributed by atoms with Gasteiger partial charge in [0, 0.05) is 37.8 Å². The van der Waals surface area contributed by atoms with Gasteiger partial charge in [-0.3, -0.25) is 23.2 Å². The second-order valence-electron chi connectivity index (χ2n) is 9.88. The molecule has 1 aromatic carbocycles. The molecule has 2 atom stereocenters. The van der Waals surface area contributed by atoms with Gasteiger partial charge in [0.05, 0.1) is 11.2 Å². The van der Waals surface area contributed by atoms with Crippen LogP contribution in [0.2, 0.25) is 0 Å². The number of hydrogen-bond donors (Lipinski definition) is 5. The summed E-state index contributed by atoms with van der Waals surface area (Å²) in [5.74, 6) is -3.33. The Hall–Kier alpha value is -2.44. The molecule has 0 fully saturated rings. The lowest BCUT2D eigenvalue weighted by molar-refractivity contribution is -0.438. The molecule has 0 aliphatic carbocycles. The van der Waals surface area contributed by atoms with Gasteiger partial charge in [-0.05, 0) is 37.8 Å². The Morgan fingerprint density at radius 3 is 1.79 bits per heavy atom. The Morgan fingerprint density at radius 1 is 0.872 bits per heavy atom. The highest BCUT2D eigenvalue weighted by Crippen LogP contribution is 2.48. The highest BCUT2D eigenvalue weighted by molar-refractivity contribution is 7.86. The van der Waals surface area contributed by atoms with Crippen LogP contribution >= 0.6 is 0 Å². The number of nitrogens with zero attached hydrogens (tertiary/aromatic N) is 1. The van der Waals surface area contributed by atoms with E-state index in [1.54, 1.807) is 25.3 Å². The molecular formula is C22H32NO13S3+. The first kappa shape index (κ1) is 32.8. The fourth-order valence-electron chi connectivity index (χ4n) is 4.86. The molecule has 220 valence electrons. The number of aliphatic carboxylic acids is 2. The van der Waals surface area contributed by atoms with Crippen molar-refractivity contribution in [1.82, 2.24) is 0 Å². The largest absolute Gasteiger partial charge is 0.481 e. The van der Waals surface area contributed by atoms with Gasteiger partial charge in [0.25, 0.3) is 30.4 Å². The monoisotopic (exact) mass is 614 g/mol. The highest BCUT2D eigenvalue weighted by Gasteiger charge is 2.48. The summed E-state index contributed by atoms with van der Waals surface area (Å²) in [6.07, 6.45) is -2.62. The predicted octanol–water partition coefficient (Wildman–Crippen LogP) is 1.95. The highest BCUT2D eigenvalue weighted by atomic mass is 32.2. The smallest absolute Gasteiger partial charge is 0.303 e. The van der Waals surface area contributed by atoms with E-state index in [4.69, 9.17) is 14.8 Å². The van der Waals surface area contributed by atoms with E-state index in [0.29, 0.717) is 5.71 Å². The summed E-state index contributed by atoms with van der Waals surface area (Å²) in [5.41, 5.74) is -0.280. The lowest BCUT2D eigenvalue weighted by Gasteiger charge is -2.25. The topological polar surface area (TPSA) is 241 Å². The van der Waals surface area contributed by atoms with Crippen LogP contribution in [0.5, 0.6) is 0 Å². The van der Waals surface area contributed by atoms with Crippen molar-refractivity contribution in [3.8, 4) is 0 Å². The van der Waals surface area contributed by atoms with Crippen LogP contribution in [-0.2, 0) is 45.4 Å². The number of benzene rings is 1. The van der Waals surface area contributed by atoms with Gasteiger partial charge in [0.2, 0.25) is 5.69 Å². The van der Waals surface area contributed by atoms with E-state index in [9.17, 15) is 43.9 Å². The molecule has 2 unspecified atom stereocenters. The third-order valence-corrected chi connectivity index (χ3v) is 10.1. The van der Waals surface area contributed by atoms with E-state index in [-0.39, 0.29) is 35.3 Å². The van der Waals surface area contributed by atoms with Crippen molar-refractivity contribution in [2.75, 3.05) is 12.3 Å². The summed E-state index contributed by atoms with van der Waals surface area (Å²) in [7, 11) is -14.2. The van der Waals surface area contributed by atoms with Crippen molar-refractivity contribution in [3.05, 3.63) is 28.8 Å². The molecule has 39 heavy (non-hydrogen) atoms.